The van der Waals surface area contributed by atoms with Crippen LogP contribution in [0.5, 0.6) is 11.5 Å². The summed E-state index contributed by atoms with van der Waals surface area (Å²) in [4.78, 5) is 28.9. The molecule has 10 heteroatoms. The van der Waals surface area contributed by atoms with Crippen LogP contribution in [0, 0.1) is 6.92 Å². The zero-order chi connectivity index (χ0) is 31.0. The highest BCUT2D eigenvalue weighted by atomic mass is 32.2. The van der Waals surface area contributed by atoms with E-state index in [-0.39, 0.29) is 29.1 Å². The Morgan fingerprint density at radius 2 is 1.58 bits per heavy atom. The number of aryl methyl sites for hydroxylation is 1. The van der Waals surface area contributed by atoms with Crippen LogP contribution in [-0.2, 0) is 26.0 Å². The molecule has 0 aliphatic heterocycles. The van der Waals surface area contributed by atoms with Crippen LogP contribution in [0.25, 0.3) is 0 Å². The minimum absolute atomic E-state index is 0.0543. The number of nitrogens with zero attached hydrogens (tertiary/aromatic N) is 2. The van der Waals surface area contributed by atoms with Crippen molar-refractivity contribution in [3.8, 4) is 11.5 Å². The number of nitrogens with one attached hydrogen (secondary N) is 1. The van der Waals surface area contributed by atoms with Crippen molar-refractivity contribution in [3.05, 3.63) is 83.9 Å². The topological polar surface area (TPSA) is 105 Å². The number of methoxy groups -OCH3 is 2. The number of carbonyl (C=O) groups is 2. The van der Waals surface area contributed by atoms with E-state index in [1.807, 2.05) is 37.3 Å². The molecule has 1 aliphatic carbocycles. The quantitative estimate of drug-likeness (QED) is 0.301. The molecular weight excluding hydrogens is 566 g/mol. The van der Waals surface area contributed by atoms with Gasteiger partial charge in [0.25, 0.3) is 10.0 Å². The summed E-state index contributed by atoms with van der Waals surface area (Å²) < 4.78 is 40.0. The molecule has 0 saturated heterocycles. The van der Waals surface area contributed by atoms with Gasteiger partial charge in [-0.25, -0.2) is 8.42 Å². The van der Waals surface area contributed by atoms with Gasteiger partial charge in [-0.1, -0.05) is 60.9 Å². The highest BCUT2D eigenvalue weighted by molar-refractivity contribution is 7.92. The predicted octanol–water partition coefficient (Wildman–Crippen LogP) is 4.73. The van der Waals surface area contributed by atoms with Gasteiger partial charge in [0, 0.05) is 18.7 Å². The molecule has 3 aromatic carbocycles. The Labute approximate surface area is 254 Å². The number of rotatable bonds is 13. The Morgan fingerprint density at radius 3 is 2.21 bits per heavy atom. The first-order chi connectivity index (χ1) is 20.6. The summed E-state index contributed by atoms with van der Waals surface area (Å²) in [5.41, 5.74) is 2.29. The van der Waals surface area contributed by atoms with Gasteiger partial charge in [0.15, 0.2) is 11.5 Å². The summed E-state index contributed by atoms with van der Waals surface area (Å²) in [5, 5.41) is 3.09. The lowest BCUT2D eigenvalue weighted by Gasteiger charge is -2.32. The van der Waals surface area contributed by atoms with Crippen LogP contribution in [0.3, 0.4) is 0 Å². The second kappa shape index (κ2) is 14.4. The monoisotopic (exact) mass is 607 g/mol. The summed E-state index contributed by atoms with van der Waals surface area (Å²) >= 11 is 0. The molecule has 43 heavy (non-hydrogen) atoms. The fourth-order valence-electron chi connectivity index (χ4n) is 5.31. The highest BCUT2D eigenvalue weighted by Crippen LogP contribution is 2.32. The van der Waals surface area contributed by atoms with E-state index in [0.29, 0.717) is 17.9 Å². The zero-order valence-electron chi connectivity index (χ0n) is 25.3. The fraction of sp³-hybridized carbons (Fsp3) is 0.394. The van der Waals surface area contributed by atoms with Gasteiger partial charge in [-0.2, -0.15) is 0 Å². The average molecular weight is 608 g/mol. The minimum Gasteiger partial charge on any atom is -0.493 e. The summed E-state index contributed by atoms with van der Waals surface area (Å²) in [6.07, 6.45) is 4.48. The van der Waals surface area contributed by atoms with Crippen molar-refractivity contribution < 1.29 is 27.5 Å². The number of benzene rings is 3. The molecule has 1 atom stereocenters. The molecule has 1 N–H and O–H groups in total. The Kier molecular flexibility index (Phi) is 10.7. The van der Waals surface area contributed by atoms with Crippen LogP contribution < -0.4 is 19.1 Å². The molecule has 0 aromatic heterocycles. The molecule has 1 saturated carbocycles. The third kappa shape index (κ3) is 7.87. The second-order valence-corrected chi connectivity index (χ2v) is 12.7. The number of anilines is 1. The van der Waals surface area contributed by atoms with Crippen molar-refractivity contribution in [1.29, 1.82) is 0 Å². The summed E-state index contributed by atoms with van der Waals surface area (Å²) in [5.74, 6) is -0.0818. The van der Waals surface area contributed by atoms with Crippen molar-refractivity contribution in [3.63, 3.8) is 0 Å². The van der Waals surface area contributed by atoms with E-state index in [1.54, 1.807) is 31.2 Å². The van der Waals surface area contributed by atoms with Crippen LogP contribution >= 0.6 is 0 Å². The summed E-state index contributed by atoms with van der Waals surface area (Å²) in [7, 11) is -1.34. The first-order valence-electron chi connectivity index (χ1n) is 14.6. The molecule has 0 spiro atoms. The lowest BCUT2D eigenvalue weighted by molar-refractivity contribution is -0.139. The standard InChI is InChI=1S/C33H41N3O6S/c1-24-14-16-28(17-15-24)36(43(39,40)29-18-19-30(41-3)31(22-29)42-4)23-32(37)35(21-20-26-10-6-5-7-11-26)25(2)33(38)34-27-12-8-9-13-27/h5-7,10-11,14-19,22,25,27H,8-9,12-13,20-21,23H2,1-4H3,(H,34,38)/t25-/m1/s1. The number of sulfonamides is 1. The molecule has 2 amide bonds. The normalized spacial score (nSPS) is 14.1. The number of ether oxygens (including phenoxy) is 2. The van der Waals surface area contributed by atoms with Gasteiger partial charge in [-0.3, -0.25) is 13.9 Å². The van der Waals surface area contributed by atoms with Gasteiger partial charge < -0.3 is 19.7 Å². The third-order valence-electron chi connectivity index (χ3n) is 7.90. The average Bonchev–Trinajstić information content (AvgIpc) is 3.53. The SMILES string of the molecule is COc1ccc(S(=O)(=O)N(CC(=O)N(CCc2ccccc2)[C@H](C)C(=O)NC2CCCC2)c2ccc(C)cc2)cc1OC. The van der Waals surface area contributed by atoms with Crippen molar-refractivity contribution in [1.82, 2.24) is 10.2 Å². The Bertz CT molecular complexity index is 1490. The maximum absolute atomic E-state index is 14.1. The van der Waals surface area contributed by atoms with Gasteiger partial charge in [0.2, 0.25) is 11.8 Å². The molecule has 0 unspecified atom stereocenters. The van der Waals surface area contributed by atoms with Crippen LogP contribution in [0.15, 0.2) is 77.7 Å². The van der Waals surface area contributed by atoms with Crippen LogP contribution in [0.2, 0.25) is 0 Å². The molecule has 230 valence electrons. The molecule has 0 heterocycles. The molecule has 0 radical (unpaired) electrons. The molecule has 0 bridgehead atoms. The molecule has 1 fully saturated rings. The third-order valence-corrected chi connectivity index (χ3v) is 9.67. The minimum atomic E-state index is -4.24. The lowest BCUT2D eigenvalue weighted by atomic mass is 10.1. The van der Waals surface area contributed by atoms with Crippen molar-refractivity contribution in [2.24, 2.45) is 0 Å². The van der Waals surface area contributed by atoms with E-state index in [2.05, 4.69) is 5.32 Å². The van der Waals surface area contributed by atoms with E-state index >= 15 is 0 Å². The van der Waals surface area contributed by atoms with Gasteiger partial charge in [-0.05, 0) is 62.9 Å². The number of hydrogen-bond acceptors (Lipinski definition) is 6. The fourth-order valence-corrected chi connectivity index (χ4v) is 6.74. The molecule has 1 aliphatic rings. The first-order valence-corrected chi connectivity index (χ1v) is 16.0. The Balaban J connectivity index is 1.67. The van der Waals surface area contributed by atoms with Crippen LogP contribution in [0.1, 0.15) is 43.7 Å². The maximum Gasteiger partial charge on any atom is 0.264 e. The van der Waals surface area contributed by atoms with Crippen molar-refractivity contribution >= 4 is 27.5 Å². The number of carbonyl (C=O) groups excluding carboxylic acids is 2. The number of amides is 2. The van der Waals surface area contributed by atoms with E-state index in [1.165, 1.54) is 37.3 Å². The second-order valence-electron chi connectivity index (χ2n) is 10.9. The lowest BCUT2D eigenvalue weighted by Crippen LogP contribution is -2.53. The molecule has 4 rings (SSSR count). The van der Waals surface area contributed by atoms with Crippen LogP contribution in [-0.4, -0.2) is 64.5 Å². The van der Waals surface area contributed by atoms with E-state index in [4.69, 9.17) is 9.47 Å². The van der Waals surface area contributed by atoms with Crippen LogP contribution in [0.4, 0.5) is 5.69 Å². The summed E-state index contributed by atoms with van der Waals surface area (Å²) in [6, 6.07) is 20.2. The largest absolute Gasteiger partial charge is 0.493 e. The Hall–Kier alpha value is -4.05. The van der Waals surface area contributed by atoms with Gasteiger partial charge in [0.1, 0.15) is 12.6 Å². The first kappa shape index (κ1) is 31.9. The Morgan fingerprint density at radius 1 is 0.930 bits per heavy atom. The van der Waals surface area contributed by atoms with Crippen molar-refractivity contribution in [2.45, 2.75) is 62.9 Å². The maximum atomic E-state index is 14.1. The van der Waals surface area contributed by atoms with Gasteiger partial charge in [0.05, 0.1) is 24.8 Å². The summed E-state index contributed by atoms with van der Waals surface area (Å²) in [6.45, 7) is 3.36. The van der Waals surface area contributed by atoms with Gasteiger partial charge in [-0.15, -0.1) is 0 Å². The predicted molar refractivity (Wildman–Crippen MR) is 167 cm³/mol. The van der Waals surface area contributed by atoms with E-state index < -0.39 is 28.5 Å². The van der Waals surface area contributed by atoms with E-state index in [0.717, 1.165) is 41.1 Å². The number of hydrogen-bond donors (Lipinski definition) is 1. The molecule has 3 aromatic rings. The molecule has 9 nitrogen and oxygen atoms in total. The zero-order valence-corrected chi connectivity index (χ0v) is 26.1. The highest BCUT2D eigenvalue weighted by Gasteiger charge is 2.33. The van der Waals surface area contributed by atoms with Gasteiger partial charge >= 0.3 is 0 Å². The smallest absolute Gasteiger partial charge is 0.264 e. The van der Waals surface area contributed by atoms with Crippen molar-refractivity contribution in [2.75, 3.05) is 31.6 Å². The van der Waals surface area contributed by atoms with E-state index in [9.17, 15) is 18.0 Å². The molecular formula is C33H41N3O6S.